The Morgan fingerprint density at radius 2 is 1.90 bits per heavy atom. The van der Waals surface area contributed by atoms with E-state index in [9.17, 15) is 18.0 Å². The standard InChI is InChI=1S/C21H19F3N4O3/c1-27(2)7-8-28-12-14(11-25-28)13-3-5-18-16(9-13)20(29)26-17-10-15(31-21(22,23)24)4-6-19(17)30-18/h3-6,9-12H,7-8H2,1-2H3,(H,26,29). The minimum atomic E-state index is -4.83. The molecule has 0 atom stereocenters. The van der Waals surface area contributed by atoms with Gasteiger partial charge in [-0.2, -0.15) is 5.10 Å². The van der Waals surface area contributed by atoms with Gasteiger partial charge in [0.25, 0.3) is 5.91 Å². The number of amides is 1. The van der Waals surface area contributed by atoms with Crippen LogP contribution in [0.5, 0.6) is 17.2 Å². The van der Waals surface area contributed by atoms with Crippen molar-refractivity contribution in [3.8, 4) is 28.4 Å². The zero-order valence-corrected chi connectivity index (χ0v) is 16.7. The molecule has 0 aliphatic carbocycles. The summed E-state index contributed by atoms with van der Waals surface area (Å²) in [5.41, 5.74) is 1.94. The molecule has 1 aliphatic rings. The average Bonchev–Trinajstić information content (AvgIpc) is 3.11. The highest BCUT2D eigenvalue weighted by molar-refractivity contribution is 6.08. The maximum Gasteiger partial charge on any atom is 0.573 e. The highest BCUT2D eigenvalue weighted by Crippen LogP contribution is 2.39. The number of nitrogens with zero attached hydrogens (tertiary/aromatic N) is 3. The van der Waals surface area contributed by atoms with E-state index in [0.717, 1.165) is 36.3 Å². The van der Waals surface area contributed by atoms with Crippen molar-refractivity contribution in [2.45, 2.75) is 12.9 Å². The number of carbonyl (C=O) groups excluding carboxylic acids is 1. The summed E-state index contributed by atoms with van der Waals surface area (Å²) in [7, 11) is 3.96. The van der Waals surface area contributed by atoms with Crippen LogP contribution in [0.1, 0.15) is 10.4 Å². The largest absolute Gasteiger partial charge is 0.573 e. The van der Waals surface area contributed by atoms with E-state index in [1.54, 1.807) is 24.4 Å². The molecule has 31 heavy (non-hydrogen) atoms. The van der Waals surface area contributed by atoms with E-state index in [0.29, 0.717) is 5.75 Å². The minimum Gasteiger partial charge on any atom is -0.454 e. The van der Waals surface area contributed by atoms with Crippen LogP contribution in [0.4, 0.5) is 18.9 Å². The first kappa shape index (κ1) is 20.7. The van der Waals surface area contributed by atoms with E-state index in [4.69, 9.17) is 4.74 Å². The molecule has 0 bridgehead atoms. The van der Waals surface area contributed by atoms with E-state index in [2.05, 4.69) is 15.2 Å². The lowest BCUT2D eigenvalue weighted by Crippen LogP contribution is -2.18. The molecule has 0 radical (unpaired) electrons. The number of carbonyl (C=O) groups is 1. The fraction of sp³-hybridized carbons (Fsp3) is 0.238. The molecule has 2 aromatic carbocycles. The summed E-state index contributed by atoms with van der Waals surface area (Å²) in [6.07, 6.45) is -1.24. The van der Waals surface area contributed by atoms with Crippen LogP contribution in [0.3, 0.4) is 0 Å². The van der Waals surface area contributed by atoms with Gasteiger partial charge >= 0.3 is 6.36 Å². The van der Waals surface area contributed by atoms with Gasteiger partial charge in [0.2, 0.25) is 0 Å². The molecule has 4 rings (SSSR count). The van der Waals surface area contributed by atoms with Gasteiger partial charge < -0.3 is 19.7 Å². The Morgan fingerprint density at radius 1 is 1.13 bits per heavy atom. The molecule has 10 heteroatoms. The second kappa shape index (κ2) is 7.95. The minimum absolute atomic E-state index is 0.0843. The third-order valence-corrected chi connectivity index (χ3v) is 4.62. The Kier molecular flexibility index (Phi) is 5.32. The second-order valence-corrected chi connectivity index (χ2v) is 7.27. The van der Waals surface area contributed by atoms with Crippen LogP contribution < -0.4 is 14.8 Å². The van der Waals surface area contributed by atoms with Gasteiger partial charge in [0.05, 0.1) is 24.0 Å². The van der Waals surface area contributed by atoms with Gasteiger partial charge in [-0.05, 0) is 43.9 Å². The number of likely N-dealkylation sites (N-methyl/N-ethyl adjacent to an activating group) is 1. The van der Waals surface area contributed by atoms with Crippen molar-refractivity contribution >= 4 is 11.6 Å². The van der Waals surface area contributed by atoms with E-state index in [1.165, 1.54) is 6.07 Å². The quantitative estimate of drug-likeness (QED) is 0.649. The lowest BCUT2D eigenvalue weighted by molar-refractivity contribution is -0.274. The molecule has 0 unspecified atom stereocenters. The SMILES string of the molecule is CN(C)CCn1cc(-c2ccc3c(c2)C(=O)Nc2cc(OC(F)(F)F)ccc2O3)cn1. The Bertz CT molecular complexity index is 1130. The monoisotopic (exact) mass is 432 g/mol. The number of benzene rings is 2. The predicted molar refractivity (Wildman–Crippen MR) is 107 cm³/mol. The van der Waals surface area contributed by atoms with Gasteiger partial charge in [-0.25, -0.2) is 0 Å². The van der Waals surface area contributed by atoms with Crippen LogP contribution in [0.15, 0.2) is 48.8 Å². The summed E-state index contributed by atoms with van der Waals surface area (Å²) < 4.78 is 49.0. The van der Waals surface area contributed by atoms with E-state index >= 15 is 0 Å². The van der Waals surface area contributed by atoms with E-state index in [-0.39, 0.29) is 17.0 Å². The van der Waals surface area contributed by atoms with Crippen LogP contribution in [0.2, 0.25) is 0 Å². The highest BCUT2D eigenvalue weighted by atomic mass is 19.4. The number of halogens is 3. The number of aromatic nitrogens is 2. The van der Waals surface area contributed by atoms with E-state index < -0.39 is 18.0 Å². The van der Waals surface area contributed by atoms with Crippen LogP contribution in [0, 0.1) is 0 Å². The van der Waals surface area contributed by atoms with Crippen molar-refractivity contribution in [2.24, 2.45) is 0 Å². The number of nitrogens with one attached hydrogen (secondary N) is 1. The third-order valence-electron chi connectivity index (χ3n) is 4.62. The van der Waals surface area contributed by atoms with Crippen molar-refractivity contribution in [2.75, 3.05) is 26.0 Å². The van der Waals surface area contributed by atoms with Crippen molar-refractivity contribution in [3.05, 3.63) is 54.4 Å². The number of hydrogen-bond donors (Lipinski definition) is 1. The van der Waals surface area contributed by atoms with Gasteiger partial charge in [-0.3, -0.25) is 9.48 Å². The molecule has 3 aromatic rings. The van der Waals surface area contributed by atoms with Gasteiger partial charge in [0.1, 0.15) is 11.5 Å². The van der Waals surface area contributed by atoms with Crippen LogP contribution in [0.25, 0.3) is 11.1 Å². The molecule has 1 N–H and O–H groups in total. The zero-order valence-electron chi connectivity index (χ0n) is 16.7. The maximum absolute atomic E-state index is 12.8. The van der Waals surface area contributed by atoms with Crippen molar-refractivity contribution in [1.82, 2.24) is 14.7 Å². The number of alkyl halides is 3. The molecule has 1 aliphatic heterocycles. The van der Waals surface area contributed by atoms with Gasteiger partial charge in [0, 0.05) is 24.4 Å². The molecule has 7 nitrogen and oxygen atoms in total. The van der Waals surface area contributed by atoms with Crippen molar-refractivity contribution in [3.63, 3.8) is 0 Å². The predicted octanol–water partition coefficient (Wildman–Crippen LogP) is 4.37. The van der Waals surface area contributed by atoms with Gasteiger partial charge in [0.15, 0.2) is 5.75 Å². The average molecular weight is 432 g/mol. The van der Waals surface area contributed by atoms with Crippen molar-refractivity contribution < 1.29 is 27.4 Å². The molecular formula is C21H19F3N4O3. The van der Waals surface area contributed by atoms with Crippen LogP contribution >= 0.6 is 0 Å². The summed E-state index contributed by atoms with van der Waals surface area (Å²) in [5.74, 6) is -0.443. The molecule has 1 amide bonds. The molecule has 0 fully saturated rings. The summed E-state index contributed by atoms with van der Waals surface area (Å²) in [4.78, 5) is 14.8. The Morgan fingerprint density at radius 3 is 2.65 bits per heavy atom. The molecule has 0 saturated heterocycles. The van der Waals surface area contributed by atoms with Crippen LogP contribution in [-0.2, 0) is 6.54 Å². The molecule has 1 aromatic heterocycles. The number of fused-ring (bicyclic) bond motifs is 2. The zero-order chi connectivity index (χ0) is 22.2. The molecule has 162 valence electrons. The topological polar surface area (TPSA) is 68.6 Å². The van der Waals surface area contributed by atoms with E-state index in [1.807, 2.05) is 29.9 Å². The first-order chi connectivity index (χ1) is 14.7. The van der Waals surface area contributed by atoms with Crippen LogP contribution in [-0.4, -0.2) is 47.6 Å². The van der Waals surface area contributed by atoms with Gasteiger partial charge in [-0.15, -0.1) is 13.2 Å². The Hall–Kier alpha value is -3.53. The maximum atomic E-state index is 12.8. The molecule has 0 spiro atoms. The number of rotatable bonds is 5. The Balaban J connectivity index is 1.59. The third kappa shape index (κ3) is 4.80. The fourth-order valence-corrected chi connectivity index (χ4v) is 3.11. The molecular weight excluding hydrogens is 413 g/mol. The number of anilines is 1. The summed E-state index contributed by atoms with van der Waals surface area (Å²) in [6.45, 7) is 1.55. The molecule has 0 saturated carbocycles. The highest BCUT2D eigenvalue weighted by Gasteiger charge is 2.32. The van der Waals surface area contributed by atoms with Crippen molar-refractivity contribution in [1.29, 1.82) is 0 Å². The first-order valence-corrected chi connectivity index (χ1v) is 9.38. The Labute approximate surface area is 176 Å². The lowest BCUT2D eigenvalue weighted by Gasteiger charge is -2.12. The lowest BCUT2D eigenvalue weighted by atomic mass is 10.0. The normalized spacial score (nSPS) is 13.2. The summed E-state index contributed by atoms with van der Waals surface area (Å²) in [5, 5.41) is 6.92. The second-order valence-electron chi connectivity index (χ2n) is 7.27. The fourth-order valence-electron chi connectivity index (χ4n) is 3.11. The smallest absolute Gasteiger partial charge is 0.454 e. The molecule has 2 heterocycles. The summed E-state index contributed by atoms with van der Waals surface area (Å²) in [6, 6.07) is 8.62. The summed E-state index contributed by atoms with van der Waals surface area (Å²) >= 11 is 0. The first-order valence-electron chi connectivity index (χ1n) is 9.38. The number of ether oxygens (including phenoxy) is 2. The number of hydrogen-bond acceptors (Lipinski definition) is 5. The van der Waals surface area contributed by atoms with Gasteiger partial charge in [-0.1, -0.05) is 6.07 Å².